The fourth-order valence-corrected chi connectivity index (χ4v) is 7.62. The molecule has 23 heteroatoms. The molecule has 4 aliphatic heterocycles. The van der Waals surface area contributed by atoms with E-state index in [9.17, 15) is 71.2 Å². The zero-order chi connectivity index (χ0) is 45.1. The van der Waals surface area contributed by atoms with Gasteiger partial charge in [-0.2, -0.15) is 0 Å². The van der Waals surface area contributed by atoms with Crippen LogP contribution in [-0.2, 0) is 33.2 Å². The van der Waals surface area contributed by atoms with Gasteiger partial charge in [-0.3, -0.25) is 4.79 Å². The first kappa shape index (κ1) is 46.2. The van der Waals surface area contributed by atoms with Gasteiger partial charge < -0.3 is 109 Å². The molecule has 5 heterocycles. The van der Waals surface area contributed by atoms with Gasteiger partial charge in [-0.25, -0.2) is 0 Å². The minimum Gasteiger partial charge on any atom is -0.508 e. The van der Waals surface area contributed by atoms with Crippen LogP contribution in [-0.4, -0.2) is 196 Å². The molecular weight excluding hydrogens is 836 g/mol. The van der Waals surface area contributed by atoms with Crippen molar-refractivity contribution < 1.29 is 109 Å². The van der Waals surface area contributed by atoms with Gasteiger partial charge in [-0.1, -0.05) is 0 Å². The highest BCUT2D eigenvalue weighted by Crippen LogP contribution is 2.39. The van der Waals surface area contributed by atoms with E-state index in [0.29, 0.717) is 0 Å². The van der Waals surface area contributed by atoms with Crippen LogP contribution in [0.15, 0.2) is 45.6 Å². The number of aromatic hydroxyl groups is 3. The maximum Gasteiger partial charge on any atom is 0.239 e. The molecule has 0 amide bonds. The van der Waals surface area contributed by atoms with Gasteiger partial charge in [-0.05, 0) is 45.0 Å². The zero-order valence-corrected chi connectivity index (χ0v) is 33.1. The molecule has 1 aromatic heterocycles. The SMILES string of the molecule is C[C@@H]1O[C@@H](OC[C@@H]2O[C@H](Oc3c(-c4ccc(O)cc4)oc4cc(O)cc(O)c4c3=O)[C@@H](O[C@@H]3O[C@@H](C)[C@H](O)[C@@H](O[C@@H]4O[C@@H](C)[C@H](O)[C@@H](O)[C@H]4O)[C@H]3O)[C@H](O)[C@@H]2O)[C@H](O)[C@H](O)[C@H]1O. The van der Waals surface area contributed by atoms with Crippen LogP contribution in [0.5, 0.6) is 23.0 Å². The lowest BCUT2D eigenvalue weighted by Crippen LogP contribution is -2.66. The molecule has 4 saturated heterocycles. The fourth-order valence-electron chi connectivity index (χ4n) is 7.62. The number of phenolic OH excluding ortho intramolecular Hbond substituents is 3. The van der Waals surface area contributed by atoms with E-state index in [1.807, 2.05) is 0 Å². The summed E-state index contributed by atoms with van der Waals surface area (Å²) in [5, 5.41) is 138. The van der Waals surface area contributed by atoms with Crippen LogP contribution in [0.1, 0.15) is 20.8 Å². The summed E-state index contributed by atoms with van der Waals surface area (Å²) in [6.45, 7) is 3.40. The summed E-state index contributed by atoms with van der Waals surface area (Å²) in [7, 11) is 0. The van der Waals surface area contributed by atoms with Crippen LogP contribution < -0.4 is 10.2 Å². The summed E-state index contributed by atoms with van der Waals surface area (Å²) >= 11 is 0. The van der Waals surface area contributed by atoms with Crippen LogP contribution in [0.3, 0.4) is 0 Å². The molecule has 4 fully saturated rings. The molecule has 0 bridgehead atoms. The summed E-state index contributed by atoms with van der Waals surface area (Å²) in [6.07, 6.45) is -33.7. The van der Waals surface area contributed by atoms with Crippen LogP contribution in [0.25, 0.3) is 22.3 Å². The average molecular weight is 887 g/mol. The Kier molecular flexibility index (Phi) is 13.7. The van der Waals surface area contributed by atoms with E-state index in [1.165, 1.54) is 45.0 Å². The summed E-state index contributed by atoms with van der Waals surface area (Å²) < 4.78 is 52.2. The molecule has 0 aliphatic carbocycles. The molecule has 344 valence electrons. The molecule has 0 radical (unpaired) electrons. The number of phenols is 3. The number of aliphatic hydroxyl groups excluding tert-OH is 10. The van der Waals surface area contributed by atoms with E-state index >= 15 is 0 Å². The van der Waals surface area contributed by atoms with E-state index in [4.69, 9.17) is 42.3 Å². The molecular formula is C39H50O23. The van der Waals surface area contributed by atoms with Crippen molar-refractivity contribution in [2.45, 2.75) is 144 Å². The highest BCUT2D eigenvalue weighted by Gasteiger charge is 2.54. The second kappa shape index (κ2) is 18.3. The highest BCUT2D eigenvalue weighted by molar-refractivity contribution is 5.88. The van der Waals surface area contributed by atoms with Gasteiger partial charge in [0.05, 0.1) is 24.9 Å². The number of fused-ring (bicyclic) bond motifs is 1. The quantitative estimate of drug-likeness (QED) is 0.0932. The van der Waals surface area contributed by atoms with Crippen molar-refractivity contribution in [3.05, 3.63) is 46.6 Å². The predicted octanol–water partition coefficient (Wildman–Crippen LogP) is -3.69. The van der Waals surface area contributed by atoms with E-state index < -0.39 is 157 Å². The smallest absolute Gasteiger partial charge is 0.239 e. The number of aliphatic hydroxyl groups is 10. The Bertz CT molecular complexity index is 2070. The Morgan fingerprint density at radius 1 is 0.548 bits per heavy atom. The minimum atomic E-state index is -2.10. The van der Waals surface area contributed by atoms with E-state index in [1.54, 1.807) is 0 Å². The summed E-state index contributed by atoms with van der Waals surface area (Å²) in [4.78, 5) is 14.3. The number of hydrogen-bond acceptors (Lipinski definition) is 23. The number of rotatable bonds is 10. The van der Waals surface area contributed by atoms with Crippen LogP contribution in [0.2, 0.25) is 0 Å². The first-order valence-corrected chi connectivity index (χ1v) is 19.6. The molecule has 0 saturated carbocycles. The molecule has 20 atom stereocenters. The molecule has 7 rings (SSSR count). The monoisotopic (exact) mass is 886 g/mol. The van der Waals surface area contributed by atoms with Crippen LogP contribution in [0.4, 0.5) is 0 Å². The Labute approximate surface area is 350 Å². The molecule has 13 N–H and O–H groups in total. The Balaban J connectivity index is 1.24. The first-order chi connectivity index (χ1) is 29.3. The van der Waals surface area contributed by atoms with Crippen molar-refractivity contribution in [2.24, 2.45) is 0 Å². The molecule has 0 spiro atoms. The maximum absolute atomic E-state index is 14.3. The lowest BCUT2D eigenvalue weighted by atomic mass is 9.96. The standard InChI is InChI=1S/C39H50O23/c1-11-21(43)26(48)29(51)36(55-11)54-10-19-24(46)28(50)35(62-38-31(53)33(23(45)13(3)57-38)60-37-30(52)27(49)22(44)12(2)56-37)39(59-19)61-34-25(47)20-17(42)8-16(41)9-18(20)58-32(34)14-4-6-15(40)7-5-14/h4-9,11-13,19,21-24,26-31,33,35-46,48-53H,10H2,1-3H3/t11-,12-,13-,19-,21-,22-,23-,24+,26+,27+,28+,29+,30+,31+,33+,35-,36+,37-,38-,39+/m0/s1. The Hall–Kier alpha value is -3.83. The summed E-state index contributed by atoms with van der Waals surface area (Å²) in [5.74, 6) is -2.46. The third-order valence-electron chi connectivity index (χ3n) is 11.3. The van der Waals surface area contributed by atoms with Crippen molar-refractivity contribution in [3.63, 3.8) is 0 Å². The van der Waals surface area contributed by atoms with Gasteiger partial charge >= 0.3 is 0 Å². The van der Waals surface area contributed by atoms with E-state index in [2.05, 4.69) is 0 Å². The molecule has 23 nitrogen and oxygen atoms in total. The molecule has 4 aliphatic rings. The van der Waals surface area contributed by atoms with Crippen molar-refractivity contribution in [3.8, 4) is 34.3 Å². The largest absolute Gasteiger partial charge is 0.508 e. The Morgan fingerprint density at radius 2 is 1.10 bits per heavy atom. The van der Waals surface area contributed by atoms with Crippen LogP contribution in [0, 0.1) is 0 Å². The van der Waals surface area contributed by atoms with E-state index in [0.717, 1.165) is 12.1 Å². The van der Waals surface area contributed by atoms with Crippen molar-refractivity contribution >= 4 is 11.0 Å². The second-order valence-corrected chi connectivity index (χ2v) is 15.7. The third-order valence-corrected chi connectivity index (χ3v) is 11.3. The van der Waals surface area contributed by atoms with Gasteiger partial charge in [0.1, 0.15) is 101 Å². The molecule has 2 aromatic carbocycles. The van der Waals surface area contributed by atoms with Crippen molar-refractivity contribution in [2.75, 3.05) is 6.61 Å². The van der Waals surface area contributed by atoms with Crippen molar-refractivity contribution in [1.29, 1.82) is 0 Å². The molecule has 3 aromatic rings. The molecule has 0 unspecified atom stereocenters. The predicted molar refractivity (Wildman–Crippen MR) is 201 cm³/mol. The zero-order valence-electron chi connectivity index (χ0n) is 33.1. The number of ether oxygens (including phenoxy) is 8. The second-order valence-electron chi connectivity index (χ2n) is 15.7. The van der Waals surface area contributed by atoms with Gasteiger partial charge in [0.15, 0.2) is 30.7 Å². The number of hydrogen-bond donors (Lipinski definition) is 13. The van der Waals surface area contributed by atoms with Gasteiger partial charge in [0.25, 0.3) is 0 Å². The number of benzene rings is 2. The summed E-state index contributed by atoms with van der Waals surface area (Å²) in [5.41, 5.74) is -1.27. The highest BCUT2D eigenvalue weighted by atomic mass is 16.8. The van der Waals surface area contributed by atoms with Gasteiger partial charge in [0, 0.05) is 17.7 Å². The fraction of sp³-hybridized carbons (Fsp3) is 0.615. The summed E-state index contributed by atoms with van der Waals surface area (Å²) in [6, 6.07) is 7.04. The topological polar surface area (TPSA) is 367 Å². The lowest BCUT2D eigenvalue weighted by Gasteiger charge is -2.48. The van der Waals surface area contributed by atoms with E-state index in [-0.39, 0.29) is 22.7 Å². The normalized spacial score (nSPS) is 41.6. The third kappa shape index (κ3) is 8.83. The minimum absolute atomic E-state index is 0.0968. The Morgan fingerprint density at radius 3 is 1.73 bits per heavy atom. The van der Waals surface area contributed by atoms with Crippen molar-refractivity contribution in [1.82, 2.24) is 0 Å². The van der Waals surface area contributed by atoms with Crippen LogP contribution >= 0.6 is 0 Å². The first-order valence-electron chi connectivity index (χ1n) is 19.6. The average Bonchev–Trinajstić information content (AvgIpc) is 3.23. The molecule has 62 heavy (non-hydrogen) atoms. The van der Waals surface area contributed by atoms with Gasteiger partial charge in [0.2, 0.25) is 17.5 Å². The van der Waals surface area contributed by atoms with Gasteiger partial charge in [-0.15, -0.1) is 0 Å². The lowest BCUT2D eigenvalue weighted by molar-refractivity contribution is -0.378. The maximum atomic E-state index is 14.3.